The fourth-order valence-electron chi connectivity index (χ4n) is 6.89. The number of allylic oxidation sites excluding steroid dienone is 7. The molecule has 0 spiro atoms. The summed E-state index contributed by atoms with van der Waals surface area (Å²) in [6, 6.07) is -0.835. The zero-order valence-electron chi connectivity index (χ0n) is 35.6. The van der Waals surface area contributed by atoms with Crippen molar-refractivity contribution in [3.8, 4) is 0 Å². The zero-order valence-corrected chi connectivity index (χ0v) is 35.6. The highest BCUT2D eigenvalue weighted by Crippen LogP contribution is 2.22. The Morgan fingerprint density at radius 1 is 0.589 bits per heavy atom. The largest absolute Gasteiger partial charge is 0.394 e. The third-order valence-electron chi connectivity index (χ3n) is 10.6. The van der Waals surface area contributed by atoms with Gasteiger partial charge in [0.05, 0.1) is 25.4 Å². The molecule has 1 fully saturated rings. The Morgan fingerprint density at radius 3 is 1.50 bits per heavy atom. The molecule has 0 aromatic carbocycles. The van der Waals surface area contributed by atoms with Gasteiger partial charge in [-0.2, -0.15) is 0 Å². The van der Waals surface area contributed by atoms with Crippen molar-refractivity contribution >= 4 is 5.91 Å². The SMILES string of the molecule is CCCCCCCC/C=C\CCCCCC(=O)NC(COC1OC(CO)C(O)C(O)C1O)C(O)/C=C/CC/C=C/CC/C=C/CCCCCCCCCCCC. The highest BCUT2D eigenvalue weighted by Gasteiger charge is 2.44. The van der Waals surface area contributed by atoms with Gasteiger partial charge in [0.1, 0.15) is 24.4 Å². The molecule has 56 heavy (non-hydrogen) atoms. The van der Waals surface area contributed by atoms with E-state index in [1.807, 2.05) is 6.08 Å². The van der Waals surface area contributed by atoms with E-state index in [0.29, 0.717) is 6.42 Å². The van der Waals surface area contributed by atoms with Crippen LogP contribution < -0.4 is 5.32 Å². The number of hydrogen-bond acceptors (Lipinski definition) is 8. The van der Waals surface area contributed by atoms with Crippen LogP contribution in [0.2, 0.25) is 0 Å². The van der Waals surface area contributed by atoms with E-state index in [0.717, 1.165) is 57.8 Å². The lowest BCUT2D eigenvalue weighted by atomic mass is 9.99. The maximum atomic E-state index is 12.9. The van der Waals surface area contributed by atoms with E-state index in [-0.39, 0.29) is 12.5 Å². The monoisotopic (exact) mass is 792 g/mol. The topological polar surface area (TPSA) is 149 Å². The van der Waals surface area contributed by atoms with Crippen molar-refractivity contribution < 1.29 is 39.8 Å². The average molecular weight is 792 g/mol. The molecule has 7 unspecified atom stereocenters. The molecule has 0 saturated carbocycles. The predicted octanol–water partition coefficient (Wildman–Crippen LogP) is 9.45. The lowest BCUT2D eigenvalue weighted by Gasteiger charge is -2.40. The molecule has 0 bridgehead atoms. The third-order valence-corrected chi connectivity index (χ3v) is 10.6. The van der Waals surface area contributed by atoms with Crippen molar-refractivity contribution in [1.29, 1.82) is 0 Å². The van der Waals surface area contributed by atoms with Crippen LogP contribution in [0.3, 0.4) is 0 Å². The molecule has 0 aromatic rings. The molecule has 1 rings (SSSR count). The van der Waals surface area contributed by atoms with Gasteiger partial charge >= 0.3 is 0 Å². The highest BCUT2D eigenvalue weighted by atomic mass is 16.7. The number of amides is 1. The Kier molecular flexibility index (Phi) is 34.9. The Bertz CT molecular complexity index is 1010. The second kappa shape index (κ2) is 37.4. The molecular formula is C47H85NO8. The number of hydrogen-bond donors (Lipinski definition) is 6. The van der Waals surface area contributed by atoms with Crippen molar-refractivity contribution in [2.45, 2.75) is 230 Å². The van der Waals surface area contributed by atoms with Crippen molar-refractivity contribution in [2.75, 3.05) is 13.2 Å². The van der Waals surface area contributed by atoms with E-state index in [1.165, 1.54) is 109 Å². The molecule has 326 valence electrons. The van der Waals surface area contributed by atoms with Crippen LogP contribution in [0.25, 0.3) is 0 Å². The minimum Gasteiger partial charge on any atom is -0.394 e. The van der Waals surface area contributed by atoms with Gasteiger partial charge in [-0.1, -0.05) is 159 Å². The summed E-state index contributed by atoms with van der Waals surface area (Å²) in [6.45, 7) is 3.72. The second-order valence-electron chi connectivity index (χ2n) is 15.8. The van der Waals surface area contributed by atoms with Gasteiger partial charge in [0.2, 0.25) is 5.91 Å². The first kappa shape index (κ1) is 52.2. The summed E-state index contributed by atoms with van der Waals surface area (Å²) in [5.41, 5.74) is 0. The van der Waals surface area contributed by atoms with E-state index in [4.69, 9.17) is 9.47 Å². The molecule has 0 aliphatic carbocycles. The molecule has 1 heterocycles. The van der Waals surface area contributed by atoms with Crippen molar-refractivity contribution in [3.63, 3.8) is 0 Å². The van der Waals surface area contributed by atoms with Crippen LogP contribution in [0.15, 0.2) is 48.6 Å². The molecular weight excluding hydrogens is 707 g/mol. The number of unbranched alkanes of at least 4 members (excludes halogenated alkanes) is 21. The minimum atomic E-state index is -1.58. The summed E-state index contributed by atoms with van der Waals surface area (Å²) in [5.74, 6) is -0.209. The number of aliphatic hydroxyl groups excluding tert-OH is 5. The van der Waals surface area contributed by atoms with E-state index in [1.54, 1.807) is 6.08 Å². The third kappa shape index (κ3) is 27.7. The quantitative estimate of drug-likeness (QED) is 0.0269. The number of rotatable bonds is 37. The average Bonchev–Trinajstić information content (AvgIpc) is 3.20. The predicted molar refractivity (Wildman–Crippen MR) is 230 cm³/mol. The van der Waals surface area contributed by atoms with Crippen LogP contribution in [-0.2, 0) is 14.3 Å². The zero-order chi connectivity index (χ0) is 40.9. The van der Waals surface area contributed by atoms with Crippen LogP contribution in [0.1, 0.15) is 187 Å². The highest BCUT2D eigenvalue weighted by molar-refractivity contribution is 5.76. The van der Waals surface area contributed by atoms with Gasteiger partial charge < -0.3 is 40.3 Å². The molecule has 7 atom stereocenters. The summed E-state index contributed by atoms with van der Waals surface area (Å²) in [4.78, 5) is 12.9. The van der Waals surface area contributed by atoms with E-state index in [9.17, 15) is 30.3 Å². The summed E-state index contributed by atoms with van der Waals surface area (Å²) >= 11 is 0. The van der Waals surface area contributed by atoms with Crippen LogP contribution in [-0.4, -0.2) is 87.5 Å². The molecule has 0 radical (unpaired) electrons. The fraction of sp³-hybridized carbons (Fsp3) is 0.809. The van der Waals surface area contributed by atoms with Gasteiger partial charge in [0.25, 0.3) is 0 Å². The van der Waals surface area contributed by atoms with Crippen LogP contribution >= 0.6 is 0 Å². The number of carbonyl (C=O) groups excluding carboxylic acids is 1. The molecule has 1 saturated heterocycles. The molecule has 9 heteroatoms. The number of nitrogens with one attached hydrogen (secondary N) is 1. The van der Waals surface area contributed by atoms with Crippen LogP contribution in [0.4, 0.5) is 0 Å². The maximum Gasteiger partial charge on any atom is 0.220 e. The van der Waals surface area contributed by atoms with Gasteiger partial charge in [-0.15, -0.1) is 0 Å². The molecule has 6 N–H and O–H groups in total. The summed E-state index contributed by atoms with van der Waals surface area (Å²) in [7, 11) is 0. The minimum absolute atomic E-state index is 0.209. The van der Waals surface area contributed by atoms with Crippen LogP contribution in [0, 0.1) is 0 Å². The molecule has 1 amide bonds. The summed E-state index contributed by atoms with van der Waals surface area (Å²) in [5, 5.41) is 54.1. The van der Waals surface area contributed by atoms with E-state index >= 15 is 0 Å². The maximum absolute atomic E-state index is 12.9. The van der Waals surface area contributed by atoms with Gasteiger partial charge in [0, 0.05) is 6.42 Å². The Labute approximate surface area is 342 Å². The van der Waals surface area contributed by atoms with Gasteiger partial charge in [-0.05, 0) is 70.6 Å². The molecule has 0 aromatic heterocycles. The van der Waals surface area contributed by atoms with Gasteiger partial charge in [0.15, 0.2) is 6.29 Å². The Morgan fingerprint density at radius 2 is 1.02 bits per heavy atom. The van der Waals surface area contributed by atoms with E-state index < -0.39 is 49.5 Å². The first-order valence-corrected chi connectivity index (χ1v) is 22.9. The molecule has 9 nitrogen and oxygen atoms in total. The number of carbonyl (C=O) groups is 1. The summed E-state index contributed by atoms with van der Waals surface area (Å²) < 4.78 is 11.2. The first-order valence-electron chi connectivity index (χ1n) is 22.9. The van der Waals surface area contributed by atoms with Crippen LogP contribution in [0.5, 0.6) is 0 Å². The number of aliphatic hydroxyl groups is 5. The normalized spacial score (nSPS) is 21.6. The first-order chi connectivity index (χ1) is 27.3. The Balaban J connectivity index is 2.41. The lowest BCUT2D eigenvalue weighted by Crippen LogP contribution is -2.60. The fourth-order valence-corrected chi connectivity index (χ4v) is 6.89. The van der Waals surface area contributed by atoms with Gasteiger partial charge in [-0.25, -0.2) is 0 Å². The van der Waals surface area contributed by atoms with Crippen molar-refractivity contribution in [1.82, 2.24) is 5.32 Å². The van der Waals surface area contributed by atoms with Crippen molar-refractivity contribution in [3.05, 3.63) is 48.6 Å². The van der Waals surface area contributed by atoms with Crippen molar-refractivity contribution in [2.24, 2.45) is 0 Å². The standard InChI is InChI=1S/C47H85NO8/c1-3-5-7-9-11-13-15-17-18-19-20-21-22-23-25-26-28-30-32-34-36-41(50)40(39-55-47-46(54)45(53)44(52)42(38-49)56-47)48-43(51)37-35-33-31-29-27-24-16-14-12-10-8-6-4-2/h21-22,24,26-28,34,36,40-42,44-47,49-50,52-54H,3-20,23,25,29-33,35,37-39H2,1-2H3,(H,48,51)/b22-21+,27-24-,28-26+,36-34+. The summed E-state index contributed by atoms with van der Waals surface area (Å²) in [6.07, 6.45) is 40.2. The van der Waals surface area contributed by atoms with Gasteiger partial charge in [-0.3, -0.25) is 4.79 Å². The molecule has 1 aliphatic rings. The molecule has 1 aliphatic heterocycles. The second-order valence-corrected chi connectivity index (χ2v) is 15.8. The lowest BCUT2D eigenvalue weighted by molar-refractivity contribution is -0.302. The smallest absolute Gasteiger partial charge is 0.220 e. The Hall–Kier alpha value is -1.85. The van der Waals surface area contributed by atoms with E-state index in [2.05, 4.69) is 55.6 Å². The number of ether oxygens (including phenoxy) is 2.